The molecule has 0 heterocycles. The minimum Gasteiger partial charge on any atom is -0.325 e. The maximum atomic E-state index is 12.8. The lowest BCUT2D eigenvalue weighted by Gasteiger charge is -2.24. The standard InChI is InChI=1S/C16H26FN/c1-3-4-5-6-7-12-16(2,18)13-14-8-10-15(17)11-9-14/h8-11H,3-7,12-13,18H2,1-2H3. The van der Waals surface area contributed by atoms with Crippen LogP contribution in [0.15, 0.2) is 24.3 Å². The highest BCUT2D eigenvalue weighted by atomic mass is 19.1. The summed E-state index contributed by atoms with van der Waals surface area (Å²) in [6, 6.07) is 6.67. The van der Waals surface area contributed by atoms with Crippen LogP contribution in [0.5, 0.6) is 0 Å². The van der Waals surface area contributed by atoms with E-state index in [1.807, 2.05) is 12.1 Å². The van der Waals surface area contributed by atoms with Gasteiger partial charge >= 0.3 is 0 Å². The average Bonchev–Trinajstić information content (AvgIpc) is 2.31. The average molecular weight is 251 g/mol. The van der Waals surface area contributed by atoms with Crippen LogP contribution in [-0.4, -0.2) is 5.54 Å². The van der Waals surface area contributed by atoms with E-state index >= 15 is 0 Å². The number of hydrogen-bond donors (Lipinski definition) is 1. The maximum absolute atomic E-state index is 12.8. The van der Waals surface area contributed by atoms with Gasteiger partial charge in [0.1, 0.15) is 5.82 Å². The third kappa shape index (κ3) is 6.15. The van der Waals surface area contributed by atoms with Crippen molar-refractivity contribution in [2.45, 2.75) is 64.3 Å². The molecule has 0 saturated heterocycles. The summed E-state index contributed by atoms with van der Waals surface area (Å²) < 4.78 is 12.8. The van der Waals surface area contributed by atoms with Crippen LogP contribution in [0, 0.1) is 5.82 Å². The Kier molecular flexibility index (Phi) is 6.34. The minimum absolute atomic E-state index is 0.177. The zero-order chi connectivity index (χ0) is 13.4. The molecular weight excluding hydrogens is 225 g/mol. The summed E-state index contributed by atoms with van der Waals surface area (Å²) in [6.07, 6.45) is 8.21. The van der Waals surface area contributed by atoms with Gasteiger partial charge in [-0.2, -0.15) is 0 Å². The van der Waals surface area contributed by atoms with E-state index in [2.05, 4.69) is 13.8 Å². The first-order valence-corrected chi connectivity index (χ1v) is 7.07. The Hall–Kier alpha value is -0.890. The van der Waals surface area contributed by atoms with E-state index in [9.17, 15) is 4.39 Å². The molecule has 0 radical (unpaired) electrons. The predicted molar refractivity (Wildman–Crippen MR) is 76.1 cm³/mol. The molecule has 0 aliphatic carbocycles. The Labute approximate surface area is 111 Å². The van der Waals surface area contributed by atoms with E-state index in [0.717, 1.165) is 18.4 Å². The van der Waals surface area contributed by atoms with Crippen LogP contribution in [-0.2, 0) is 6.42 Å². The first-order valence-electron chi connectivity index (χ1n) is 7.07. The van der Waals surface area contributed by atoms with Gasteiger partial charge in [-0.3, -0.25) is 0 Å². The Morgan fingerprint density at radius 3 is 2.28 bits per heavy atom. The molecule has 0 aliphatic heterocycles. The van der Waals surface area contributed by atoms with Gasteiger partial charge in [-0.1, -0.05) is 51.2 Å². The molecule has 0 fully saturated rings. The van der Waals surface area contributed by atoms with Gasteiger partial charge in [0.05, 0.1) is 0 Å². The summed E-state index contributed by atoms with van der Waals surface area (Å²) in [5.41, 5.74) is 7.25. The lowest BCUT2D eigenvalue weighted by atomic mass is 9.88. The van der Waals surface area contributed by atoms with Gasteiger partial charge in [0.15, 0.2) is 0 Å². The number of rotatable bonds is 8. The number of hydrogen-bond acceptors (Lipinski definition) is 1. The Bertz CT molecular complexity index is 329. The molecule has 1 aromatic rings. The quantitative estimate of drug-likeness (QED) is 0.679. The van der Waals surface area contributed by atoms with Crippen molar-refractivity contribution in [3.8, 4) is 0 Å². The van der Waals surface area contributed by atoms with Crippen LogP contribution in [0.2, 0.25) is 0 Å². The zero-order valence-corrected chi connectivity index (χ0v) is 11.7. The number of nitrogens with two attached hydrogens (primary N) is 1. The van der Waals surface area contributed by atoms with E-state index in [0.29, 0.717) is 0 Å². The first kappa shape index (κ1) is 15.2. The van der Waals surface area contributed by atoms with E-state index in [1.165, 1.54) is 44.2 Å². The predicted octanol–water partition coefficient (Wildman–Crippen LogP) is 4.45. The van der Waals surface area contributed by atoms with Crippen molar-refractivity contribution in [3.63, 3.8) is 0 Å². The Morgan fingerprint density at radius 2 is 1.67 bits per heavy atom. The van der Waals surface area contributed by atoms with Crippen molar-refractivity contribution in [3.05, 3.63) is 35.6 Å². The van der Waals surface area contributed by atoms with Crippen molar-refractivity contribution in [2.75, 3.05) is 0 Å². The van der Waals surface area contributed by atoms with Gasteiger partial charge < -0.3 is 5.73 Å². The lowest BCUT2D eigenvalue weighted by molar-refractivity contribution is 0.404. The molecule has 1 unspecified atom stereocenters. The topological polar surface area (TPSA) is 26.0 Å². The molecule has 0 amide bonds. The normalized spacial score (nSPS) is 14.4. The second-order valence-corrected chi connectivity index (χ2v) is 5.62. The number of halogens is 1. The van der Waals surface area contributed by atoms with Crippen LogP contribution >= 0.6 is 0 Å². The molecule has 1 rings (SSSR count). The molecule has 1 nitrogen and oxygen atoms in total. The molecule has 0 spiro atoms. The van der Waals surface area contributed by atoms with Crippen LogP contribution < -0.4 is 5.73 Å². The van der Waals surface area contributed by atoms with Crippen molar-refractivity contribution >= 4 is 0 Å². The highest BCUT2D eigenvalue weighted by Crippen LogP contribution is 2.18. The molecule has 102 valence electrons. The largest absolute Gasteiger partial charge is 0.325 e. The fourth-order valence-corrected chi connectivity index (χ4v) is 2.29. The van der Waals surface area contributed by atoms with E-state index in [4.69, 9.17) is 5.73 Å². The summed E-state index contributed by atoms with van der Waals surface area (Å²) in [5, 5.41) is 0. The Morgan fingerprint density at radius 1 is 1.06 bits per heavy atom. The monoisotopic (exact) mass is 251 g/mol. The van der Waals surface area contributed by atoms with Crippen molar-refractivity contribution in [1.82, 2.24) is 0 Å². The summed E-state index contributed by atoms with van der Waals surface area (Å²) in [5.74, 6) is -0.183. The van der Waals surface area contributed by atoms with Gasteiger partial charge in [-0.05, 0) is 37.5 Å². The van der Waals surface area contributed by atoms with Crippen LogP contribution in [0.1, 0.15) is 57.9 Å². The maximum Gasteiger partial charge on any atom is 0.123 e. The second-order valence-electron chi connectivity index (χ2n) is 5.62. The zero-order valence-electron chi connectivity index (χ0n) is 11.7. The first-order chi connectivity index (χ1) is 8.53. The van der Waals surface area contributed by atoms with Crippen molar-refractivity contribution < 1.29 is 4.39 Å². The summed E-state index contributed by atoms with van der Waals surface area (Å²) in [6.45, 7) is 4.32. The highest BCUT2D eigenvalue weighted by Gasteiger charge is 2.18. The fraction of sp³-hybridized carbons (Fsp3) is 0.625. The molecule has 1 atom stereocenters. The van der Waals surface area contributed by atoms with Crippen LogP contribution in [0.25, 0.3) is 0 Å². The third-order valence-electron chi connectivity index (χ3n) is 3.37. The summed E-state index contributed by atoms with van der Waals surface area (Å²) in [7, 11) is 0. The van der Waals surface area contributed by atoms with Gasteiger partial charge in [-0.15, -0.1) is 0 Å². The molecule has 0 aromatic heterocycles. The molecule has 2 N–H and O–H groups in total. The molecule has 0 saturated carbocycles. The SMILES string of the molecule is CCCCCCCC(C)(N)Cc1ccc(F)cc1. The summed E-state index contributed by atoms with van der Waals surface area (Å²) in [4.78, 5) is 0. The molecule has 0 bridgehead atoms. The minimum atomic E-state index is -0.183. The molecule has 2 heteroatoms. The van der Waals surface area contributed by atoms with Crippen LogP contribution in [0.3, 0.4) is 0 Å². The van der Waals surface area contributed by atoms with Crippen molar-refractivity contribution in [1.29, 1.82) is 0 Å². The van der Waals surface area contributed by atoms with E-state index < -0.39 is 0 Å². The van der Waals surface area contributed by atoms with Gasteiger partial charge in [0.25, 0.3) is 0 Å². The van der Waals surface area contributed by atoms with Crippen molar-refractivity contribution in [2.24, 2.45) is 5.73 Å². The Balaban J connectivity index is 2.32. The second kappa shape index (κ2) is 7.52. The van der Waals surface area contributed by atoms with E-state index in [-0.39, 0.29) is 11.4 Å². The lowest BCUT2D eigenvalue weighted by Crippen LogP contribution is -2.38. The highest BCUT2D eigenvalue weighted by molar-refractivity contribution is 5.18. The van der Waals surface area contributed by atoms with Gasteiger partial charge in [-0.25, -0.2) is 4.39 Å². The fourth-order valence-electron chi connectivity index (χ4n) is 2.29. The molecule has 1 aromatic carbocycles. The smallest absolute Gasteiger partial charge is 0.123 e. The van der Waals surface area contributed by atoms with Crippen LogP contribution in [0.4, 0.5) is 4.39 Å². The molecule has 0 aliphatic rings. The number of unbranched alkanes of at least 4 members (excludes halogenated alkanes) is 4. The molecular formula is C16H26FN. The number of benzene rings is 1. The van der Waals surface area contributed by atoms with Gasteiger partial charge in [0.2, 0.25) is 0 Å². The third-order valence-corrected chi connectivity index (χ3v) is 3.37. The van der Waals surface area contributed by atoms with E-state index in [1.54, 1.807) is 0 Å². The summed E-state index contributed by atoms with van der Waals surface area (Å²) >= 11 is 0. The van der Waals surface area contributed by atoms with Gasteiger partial charge in [0, 0.05) is 5.54 Å². The molecule has 18 heavy (non-hydrogen) atoms.